The van der Waals surface area contributed by atoms with Crippen molar-refractivity contribution < 1.29 is 14.3 Å². The van der Waals surface area contributed by atoms with Crippen LogP contribution in [-0.4, -0.2) is 42.1 Å². The lowest BCUT2D eigenvalue weighted by molar-refractivity contribution is -0.120. The highest BCUT2D eigenvalue weighted by Gasteiger charge is 2.43. The van der Waals surface area contributed by atoms with E-state index in [2.05, 4.69) is 5.32 Å². The third kappa shape index (κ3) is 2.94. The highest BCUT2D eigenvalue weighted by molar-refractivity contribution is 5.79. The molecule has 1 N–H and O–H groups in total. The van der Waals surface area contributed by atoms with Crippen molar-refractivity contribution in [2.75, 3.05) is 19.6 Å². The molecular formula is C13H22N2O3. The Morgan fingerprint density at radius 2 is 2.17 bits per heavy atom. The van der Waals surface area contributed by atoms with Gasteiger partial charge in [0.05, 0.1) is 0 Å². The van der Waals surface area contributed by atoms with E-state index in [-0.39, 0.29) is 17.4 Å². The largest absolute Gasteiger partial charge is 0.444 e. The summed E-state index contributed by atoms with van der Waals surface area (Å²) in [6.07, 6.45) is 2.21. The second-order valence-corrected chi connectivity index (χ2v) is 6.46. The minimum atomic E-state index is -0.467. The van der Waals surface area contributed by atoms with Crippen molar-refractivity contribution in [2.24, 2.45) is 5.41 Å². The molecule has 5 nitrogen and oxygen atoms in total. The Kier molecular flexibility index (Phi) is 3.25. The maximum atomic E-state index is 12.0. The number of nitrogens with one attached hydrogen (secondary N) is 1. The van der Waals surface area contributed by atoms with E-state index >= 15 is 0 Å². The van der Waals surface area contributed by atoms with Crippen LogP contribution in [0.25, 0.3) is 0 Å². The molecule has 2 amide bonds. The Labute approximate surface area is 108 Å². The number of rotatable bonds is 0. The van der Waals surface area contributed by atoms with Gasteiger partial charge in [-0.1, -0.05) is 0 Å². The van der Waals surface area contributed by atoms with Crippen molar-refractivity contribution in [3.63, 3.8) is 0 Å². The number of ether oxygens (including phenoxy) is 1. The van der Waals surface area contributed by atoms with Gasteiger partial charge in [-0.25, -0.2) is 4.79 Å². The zero-order valence-electron chi connectivity index (χ0n) is 11.4. The molecule has 0 unspecified atom stereocenters. The highest BCUT2D eigenvalue weighted by Crippen LogP contribution is 2.36. The summed E-state index contributed by atoms with van der Waals surface area (Å²) < 4.78 is 5.39. The average Bonchev–Trinajstić information content (AvgIpc) is 2.57. The molecule has 2 heterocycles. The molecule has 0 saturated carbocycles. The van der Waals surface area contributed by atoms with Crippen molar-refractivity contribution in [1.82, 2.24) is 10.2 Å². The lowest BCUT2D eigenvalue weighted by Gasteiger charge is -2.39. The van der Waals surface area contributed by atoms with Crippen LogP contribution in [0, 0.1) is 5.41 Å². The first kappa shape index (κ1) is 13.2. The molecular weight excluding hydrogens is 232 g/mol. The Balaban J connectivity index is 1.99. The number of likely N-dealkylation sites (tertiary alicyclic amines) is 1. The summed E-state index contributed by atoms with van der Waals surface area (Å²) >= 11 is 0. The summed E-state index contributed by atoms with van der Waals surface area (Å²) in [5, 5.41) is 2.87. The van der Waals surface area contributed by atoms with Crippen LogP contribution in [0.15, 0.2) is 0 Å². The van der Waals surface area contributed by atoms with E-state index in [9.17, 15) is 9.59 Å². The number of piperidine rings is 1. The summed E-state index contributed by atoms with van der Waals surface area (Å²) in [5.74, 6) is 0.0982. The first-order valence-corrected chi connectivity index (χ1v) is 6.54. The van der Waals surface area contributed by atoms with E-state index in [1.54, 1.807) is 4.90 Å². The van der Waals surface area contributed by atoms with E-state index in [4.69, 9.17) is 4.74 Å². The zero-order valence-corrected chi connectivity index (χ0v) is 11.4. The Bertz CT molecular complexity index is 362. The van der Waals surface area contributed by atoms with Crippen molar-refractivity contribution in [3.05, 3.63) is 0 Å². The molecule has 5 heteroatoms. The molecule has 2 aliphatic heterocycles. The van der Waals surface area contributed by atoms with Gasteiger partial charge in [-0.2, -0.15) is 0 Å². The first-order valence-electron chi connectivity index (χ1n) is 6.54. The molecule has 0 radical (unpaired) electrons. The fourth-order valence-electron chi connectivity index (χ4n) is 2.73. The predicted molar refractivity (Wildman–Crippen MR) is 67.1 cm³/mol. The van der Waals surface area contributed by atoms with Crippen LogP contribution in [0.5, 0.6) is 0 Å². The van der Waals surface area contributed by atoms with Gasteiger partial charge < -0.3 is 15.0 Å². The number of amides is 2. The lowest BCUT2D eigenvalue weighted by atomic mass is 9.79. The minimum Gasteiger partial charge on any atom is -0.444 e. The van der Waals surface area contributed by atoms with Gasteiger partial charge in [-0.3, -0.25) is 4.79 Å². The van der Waals surface area contributed by atoms with Crippen molar-refractivity contribution in [1.29, 1.82) is 0 Å². The molecule has 2 saturated heterocycles. The van der Waals surface area contributed by atoms with E-state index in [0.29, 0.717) is 19.5 Å². The van der Waals surface area contributed by atoms with Crippen LogP contribution in [0.4, 0.5) is 4.79 Å². The van der Waals surface area contributed by atoms with Crippen LogP contribution < -0.4 is 5.32 Å². The average molecular weight is 254 g/mol. The van der Waals surface area contributed by atoms with Gasteiger partial charge in [0.1, 0.15) is 5.60 Å². The van der Waals surface area contributed by atoms with E-state index in [1.165, 1.54) is 0 Å². The van der Waals surface area contributed by atoms with E-state index in [1.807, 2.05) is 20.8 Å². The van der Waals surface area contributed by atoms with Crippen LogP contribution in [0.3, 0.4) is 0 Å². The second-order valence-electron chi connectivity index (χ2n) is 6.46. The summed E-state index contributed by atoms with van der Waals surface area (Å²) in [5.41, 5.74) is -0.530. The molecule has 2 rings (SSSR count). The van der Waals surface area contributed by atoms with Gasteiger partial charge in [0.15, 0.2) is 0 Å². The lowest BCUT2D eigenvalue weighted by Crippen LogP contribution is -2.48. The number of hydrogen-bond donors (Lipinski definition) is 1. The Morgan fingerprint density at radius 1 is 1.44 bits per heavy atom. The Hall–Kier alpha value is -1.26. The topological polar surface area (TPSA) is 58.6 Å². The fourth-order valence-corrected chi connectivity index (χ4v) is 2.73. The normalized spacial score (nSPS) is 28.4. The first-order chi connectivity index (χ1) is 8.30. The minimum absolute atomic E-state index is 0.0633. The molecule has 0 aliphatic carbocycles. The molecule has 102 valence electrons. The van der Waals surface area contributed by atoms with E-state index < -0.39 is 5.60 Å². The molecule has 0 aromatic heterocycles. The number of hydrogen-bond acceptors (Lipinski definition) is 3. The summed E-state index contributed by atoms with van der Waals surface area (Å²) in [7, 11) is 0. The summed E-state index contributed by atoms with van der Waals surface area (Å²) in [6.45, 7) is 7.64. The second kappa shape index (κ2) is 4.44. The van der Waals surface area contributed by atoms with Gasteiger partial charge in [-0.05, 0) is 33.6 Å². The molecule has 0 bridgehead atoms. The maximum absolute atomic E-state index is 12.0. The molecule has 18 heavy (non-hydrogen) atoms. The smallest absolute Gasteiger partial charge is 0.410 e. The molecule has 1 atom stereocenters. The number of carbonyl (C=O) groups excluding carboxylic acids is 2. The molecule has 1 spiro atoms. The van der Waals surface area contributed by atoms with Crippen molar-refractivity contribution >= 4 is 12.0 Å². The van der Waals surface area contributed by atoms with Crippen LogP contribution in [0.1, 0.15) is 40.0 Å². The van der Waals surface area contributed by atoms with E-state index in [0.717, 1.165) is 19.4 Å². The van der Waals surface area contributed by atoms with Crippen LogP contribution >= 0.6 is 0 Å². The number of nitrogens with zero attached hydrogens (tertiary/aromatic N) is 1. The summed E-state index contributed by atoms with van der Waals surface area (Å²) in [4.78, 5) is 25.2. The quantitative estimate of drug-likeness (QED) is 0.713. The molecule has 2 fully saturated rings. The van der Waals surface area contributed by atoms with Gasteiger partial charge >= 0.3 is 6.09 Å². The zero-order chi connectivity index (χ0) is 13.4. The van der Waals surface area contributed by atoms with Gasteiger partial charge in [0.2, 0.25) is 5.91 Å². The van der Waals surface area contributed by atoms with Crippen LogP contribution in [0.2, 0.25) is 0 Å². The standard InChI is InChI=1S/C13H22N2O3/c1-12(2,3)18-11(17)15-6-4-5-13(9-15)7-10(16)14-8-13/h4-9H2,1-3H3,(H,14,16)/t13-/m1/s1. The highest BCUT2D eigenvalue weighted by atomic mass is 16.6. The molecule has 2 aliphatic rings. The Morgan fingerprint density at radius 3 is 2.72 bits per heavy atom. The molecule has 0 aromatic carbocycles. The van der Waals surface area contributed by atoms with Crippen LogP contribution in [-0.2, 0) is 9.53 Å². The fraction of sp³-hybridized carbons (Fsp3) is 0.846. The summed E-state index contributed by atoms with van der Waals surface area (Å²) in [6, 6.07) is 0. The third-order valence-corrected chi connectivity index (χ3v) is 3.51. The van der Waals surface area contributed by atoms with Gasteiger partial charge in [-0.15, -0.1) is 0 Å². The van der Waals surface area contributed by atoms with Gasteiger partial charge in [0, 0.05) is 31.5 Å². The van der Waals surface area contributed by atoms with Crippen molar-refractivity contribution in [3.8, 4) is 0 Å². The number of carbonyl (C=O) groups is 2. The predicted octanol–water partition coefficient (Wildman–Crippen LogP) is 1.52. The van der Waals surface area contributed by atoms with Gasteiger partial charge in [0.25, 0.3) is 0 Å². The third-order valence-electron chi connectivity index (χ3n) is 3.51. The SMILES string of the molecule is CC(C)(C)OC(=O)N1CCC[C@@]2(CNC(=O)C2)C1. The monoisotopic (exact) mass is 254 g/mol. The maximum Gasteiger partial charge on any atom is 0.410 e. The van der Waals surface area contributed by atoms with Crippen molar-refractivity contribution in [2.45, 2.75) is 45.6 Å². The molecule has 0 aromatic rings.